The number of amides is 1. The van der Waals surface area contributed by atoms with E-state index >= 15 is 0 Å². The second kappa shape index (κ2) is 7.86. The molecule has 0 unspecified atom stereocenters. The van der Waals surface area contributed by atoms with Crippen molar-refractivity contribution in [3.05, 3.63) is 44.5 Å². The highest BCUT2D eigenvalue weighted by Gasteiger charge is 2.31. The normalized spacial score (nSPS) is 22.2. The van der Waals surface area contributed by atoms with Crippen LogP contribution in [0, 0.1) is 11.8 Å². The molecule has 8 heteroatoms. The molecule has 2 atom stereocenters. The standard InChI is InChI=1S/C19H24N4O3.ClH/c1-2-23-16-4-3-12(9-15(16)21-17(24)19(23)26)18(25)22-7-5-13-10-20-11-14(13)6-8-22;/h3-4,9,13-14,20H,2,5-8,10-11H2,1H3,(H,21,24);1H/t13-,14+;. The Morgan fingerprint density at radius 1 is 1.15 bits per heavy atom. The maximum Gasteiger partial charge on any atom is 0.316 e. The number of nitrogens with zero attached hydrogens (tertiary/aromatic N) is 2. The molecule has 2 aromatic rings. The molecule has 0 saturated carbocycles. The fourth-order valence-corrected chi connectivity index (χ4v) is 4.33. The highest BCUT2D eigenvalue weighted by molar-refractivity contribution is 5.97. The first kappa shape index (κ1) is 19.6. The predicted octanol–water partition coefficient (Wildman–Crippen LogP) is 1.20. The summed E-state index contributed by atoms with van der Waals surface area (Å²) in [6.07, 6.45) is 2.06. The molecule has 146 valence electrons. The second-order valence-electron chi connectivity index (χ2n) is 7.28. The van der Waals surface area contributed by atoms with E-state index in [9.17, 15) is 14.4 Å². The molecule has 2 saturated heterocycles. The smallest absolute Gasteiger partial charge is 0.316 e. The van der Waals surface area contributed by atoms with Gasteiger partial charge in [0.05, 0.1) is 11.0 Å². The number of aryl methyl sites for hydroxylation is 1. The SMILES string of the molecule is CCn1c(=O)c(=O)[nH]c2cc(C(=O)N3CC[C@@H]4CNC[C@@H]4CC3)ccc21.Cl. The zero-order valence-corrected chi connectivity index (χ0v) is 16.2. The van der Waals surface area contributed by atoms with Crippen LogP contribution in [-0.4, -0.2) is 46.5 Å². The number of halogens is 1. The van der Waals surface area contributed by atoms with Crippen LogP contribution in [0.1, 0.15) is 30.1 Å². The Hall–Kier alpha value is -2.12. The molecule has 1 aromatic carbocycles. The largest absolute Gasteiger partial charge is 0.339 e. The van der Waals surface area contributed by atoms with E-state index in [-0.39, 0.29) is 18.3 Å². The number of H-pyrrole nitrogens is 1. The van der Waals surface area contributed by atoms with Gasteiger partial charge >= 0.3 is 11.1 Å². The summed E-state index contributed by atoms with van der Waals surface area (Å²) < 4.78 is 1.43. The van der Waals surface area contributed by atoms with Crippen molar-refractivity contribution in [3.8, 4) is 0 Å². The molecule has 2 aliphatic heterocycles. The molecule has 1 amide bonds. The van der Waals surface area contributed by atoms with Crippen molar-refractivity contribution in [3.63, 3.8) is 0 Å². The lowest BCUT2D eigenvalue weighted by atomic mass is 9.92. The maximum absolute atomic E-state index is 13.0. The van der Waals surface area contributed by atoms with Crippen molar-refractivity contribution in [2.75, 3.05) is 26.2 Å². The van der Waals surface area contributed by atoms with Crippen molar-refractivity contribution >= 4 is 29.3 Å². The highest BCUT2D eigenvalue weighted by Crippen LogP contribution is 2.27. The van der Waals surface area contributed by atoms with Crippen molar-refractivity contribution in [1.29, 1.82) is 0 Å². The van der Waals surface area contributed by atoms with Gasteiger partial charge in [0.15, 0.2) is 0 Å². The minimum absolute atomic E-state index is 0. The molecule has 4 rings (SSSR count). The van der Waals surface area contributed by atoms with Crippen molar-refractivity contribution < 1.29 is 4.79 Å². The van der Waals surface area contributed by atoms with Gasteiger partial charge in [0.25, 0.3) is 5.91 Å². The average Bonchev–Trinajstić information content (AvgIpc) is 3.00. The number of nitrogens with one attached hydrogen (secondary N) is 2. The van der Waals surface area contributed by atoms with E-state index in [0.717, 1.165) is 39.0 Å². The number of fused-ring (bicyclic) bond motifs is 2. The lowest BCUT2D eigenvalue weighted by Gasteiger charge is -2.21. The van der Waals surface area contributed by atoms with Crippen LogP contribution in [0.2, 0.25) is 0 Å². The zero-order chi connectivity index (χ0) is 18.3. The number of likely N-dealkylation sites (tertiary alicyclic amines) is 1. The number of hydrogen-bond donors (Lipinski definition) is 2. The maximum atomic E-state index is 13.0. The van der Waals surface area contributed by atoms with E-state index in [1.54, 1.807) is 18.2 Å². The lowest BCUT2D eigenvalue weighted by molar-refractivity contribution is 0.0758. The summed E-state index contributed by atoms with van der Waals surface area (Å²) >= 11 is 0. The molecule has 7 nitrogen and oxygen atoms in total. The van der Waals surface area contributed by atoms with Crippen LogP contribution >= 0.6 is 12.4 Å². The van der Waals surface area contributed by atoms with E-state index in [4.69, 9.17) is 0 Å². The summed E-state index contributed by atoms with van der Waals surface area (Å²) in [7, 11) is 0. The quantitative estimate of drug-likeness (QED) is 0.752. The monoisotopic (exact) mass is 392 g/mol. The van der Waals surface area contributed by atoms with E-state index < -0.39 is 11.1 Å². The van der Waals surface area contributed by atoms with Gasteiger partial charge in [-0.25, -0.2) is 0 Å². The lowest BCUT2D eigenvalue weighted by Crippen LogP contribution is -2.36. The molecular weight excluding hydrogens is 368 g/mol. The summed E-state index contributed by atoms with van der Waals surface area (Å²) in [5.74, 6) is 1.33. The topological polar surface area (TPSA) is 87.2 Å². The van der Waals surface area contributed by atoms with Crippen molar-refractivity contribution in [1.82, 2.24) is 19.8 Å². The zero-order valence-electron chi connectivity index (χ0n) is 15.4. The Kier molecular flexibility index (Phi) is 5.72. The Balaban J connectivity index is 0.00000210. The van der Waals surface area contributed by atoms with Crippen LogP contribution in [-0.2, 0) is 6.54 Å². The molecule has 2 aliphatic rings. The third kappa shape index (κ3) is 3.53. The minimum Gasteiger partial charge on any atom is -0.339 e. The molecule has 0 radical (unpaired) electrons. The van der Waals surface area contributed by atoms with Gasteiger partial charge < -0.3 is 19.8 Å². The molecule has 0 bridgehead atoms. The third-order valence-electron chi connectivity index (χ3n) is 5.84. The number of rotatable bonds is 2. The van der Waals surface area contributed by atoms with Crippen LogP contribution in [0.15, 0.2) is 27.8 Å². The molecule has 3 heterocycles. The molecule has 2 N–H and O–H groups in total. The summed E-state index contributed by atoms with van der Waals surface area (Å²) in [5.41, 5.74) is 0.508. The van der Waals surface area contributed by atoms with Crippen LogP contribution in [0.25, 0.3) is 11.0 Å². The van der Waals surface area contributed by atoms with Gasteiger partial charge in [-0.15, -0.1) is 12.4 Å². The van der Waals surface area contributed by atoms with Crippen molar-refractivity contribution in [2.24, 2.45) is 11.8 Å². The molecular formula is C19H25ClN4O3. The predicted molar refractivity (Wildman–Crippen MR) is 107 cm³/mol. The highest BCUT2D eigenvalue weighted by atomic mass is 35.5. The second-order valence-corrected chi connectivity index (χ2v) is 7.28. The summed E-state index contributed by atoms with van der Waals surface area (Å²) in [4.78, 5) is 41.3. The Morgan fingerprint density at radius 3 is 2.44 bits per heavy atom. The van der Waals surface area contributed by atoms with E-state index in [2.05, 4.69) is 10.3 Å². The van der Waals surface area contributed by atoms with Crippen LogP contribution < -0.4 is 16.4 Å². The first-order valence-corrected chi connectivity index (χ1v) is 9.35. The first-order valence-electron chi connectivity index (χ1n) is 9.35. The van der Waals surface area contributed by atoms with Gasteiger partial charge in [-0.1, -0.05) is 0 Å². The molecule has 0 aliphatic carbocycles. The summed E-state index contributed by atoms with van der Waals surface area (Å²) in [5, 5.41) is 3.44. The van der Waals surface area contributed by atoms with Crippen LogP contribution in [0.3, 0.4) is 0 Å². The van der Waals surface area contributed by atoms with Gasteiger partial charge in [0, 0.05) is 25.2 Å². The number of hydrogen-bond acceptors (Lipinski definition) is 4. The fourth-order valence-electron chi connectivity index (χ4n) is 4.33. The van der Waals surface area contributed by atoms with E-state index in [1.807, 2.05) is 11.8 Å². The number of carbonyl (C=O) groups excluding carboxylic acids is 1. The third-order valence-corrected chi connectivity index (χ3v) is 5.84. The molecule has 1 aromatic heterocycles. The summed E-state index contributed by atoms with van der Waals surface area (Å²) in [6.45, 7) is 5.88. The van der Waals surface area contributed by atoms with E-state index in [1.165, 1.54) is 4.57 Å². The van der Waals surface area contributed by atoms with Crippen molar-refractivity contribution in [2.45, 2.75) is 26.3 Å². The van der Waals surface area contributed by atoms with Gasteiger partial charge in [0.1, 0.15) is 0 Å². The van der Waals surface area contributed by atoms with Gasteiger partial charge in [-0.3, -0.25) is 14.4 Å². The van der Waals surface area contributed by atoms with Gasteiger partial charge in [0.2, 0.25) is 0 Å². The molecule has 2 fully saturated rings. The summed E-state index contributed by atoms with van der Waals surface area (Å²) in [6, 6.07) is 5.19. The number of carbonyl (C=O) groups is 1. The number of benzene rings is 1. The van der Waals surface area contributed by atoms with Crippen LogP contribution in [0.4, 0.5) is 0 Å². The first-order chi connectivity index (χ1) is 12.6. The average molecular weight is 393 g/mol. The van der Waals surface area contributed by atoms with E-state index in [0.29, 0.717) is 35.0 Å². The Labute approximate surface area is 163 Å². The number of aromatic amines is 1. The Morgan fingerprint density at radius 2 is 1.81 bits per heavy atom. The molecule has 27 heavy (non-hydrogen) atoms. The van der Waals surface area contributed by atoms with Gasteiger partial charge in [-0.2, -0.15) is 0 Å². The number of aromatic nitrogens is 2. The molecule has 0 spiro atoms. The minimum atomic E-state index is -0.654. The fraction of sp³-hybridized carbons (Fsp3) is 0.526. The van der Waals surface area contributed by atoms with Crippen LogP contribution in [0.5, 0.6) is 0 Å². The Bertz CT molecular complexity index is 954. The van der Waals surface area contributed by atoms with Gasteiger partial charge in [-0.05, 0) is 62.9 Å².